The number of likely N-dealkylation sites (tertiary alicyclic amines) is 1. The maximum absolute atomic E-state index is 12.7. The Labute approximate surface area is 139 Å². The molecule has 1 aromatic rings. The highest BCUT2D eigenvalue weighted by Crippen LogP contribution is 2.28. The lowest BCUT2D eigenvalue weighted by Gasteiger charge is -2.37. The summed E-state index contributed by atoms with van der Waals surface area (Å²) >= 11 is 0. The molecule has 0 aliphatic carbocycles. The lowest BCUT2D eigenvalue weighted by molar-refractivity contribution is -0.121. The number of carbonyl (C=O) groups is 3. The lowest BCUT2D eigenvalue weighted by atomic mass is 9.93. The van der Waals surface area contributed by atoms with Crippen molar-refractivity contribution in [2.45, 2.75) is 31.9 Å². The van der Waals surface area contributed by atoms with Gasteiger partial charge in [-0.25, -0.2) is 4.79 Å². The first-order chi connectivity index (χ1) is 11.4. The van der Waals surface area contributed by atoms with Gasteiger partial charge in [0.1, 0.15) is 12.1 Å². The Kier molecular flexibility index (Phi) is 4.16. The van der Waals surface area contributed by atoms with Gasteiger partial charge in [-0.15, -0.1) is 0 Å². The molecule has 3 heterocycles. The van der Waals surface area contributed by atoms with Crippen LogP contribution in [0.3, 0.4) is 0 Å². The molecule has 24 heavy (non-hydrogen) atoms. The van der Waals surface area contributed by atoms with Crippen molar-refractivity contribution in [1.29, 1.82) is 0 Å². The van der Waals surface area contributed by atoms with Crippen LogP contribution in [0.1, 0.15) is 29.0 Å². The van der Waals surface area contributed by atoms with Crippen LogP contribution in [0.5, 0.6) is 0 Å². The summed E-state index contributed by atoms with van der Waals surface area (Å²) in [5.41, 5.74) is 0.401. The summed E-state index contributed by atoms with van der Waals surface area (Å²) in [6, 6.07) is 1.67. The van der Waals surface area contributed by atoms with Crippen molar-refractivity contribution >= 4 is 17.9 Å². The van der Waals surface area contributed by atoms with Gasteiger partial charge in [-0.2, -0.15) is 5.10 Å². The van der Waals surface area contributed by atoms with Gasteiger partial charge in [0, 0.05) is 19.3 Å². The van der Waals surface area contributed by atoms with Gasteiger partial charge in [-0.3, -0.25) is 14.3 Å². The molecule has 1 spiro atoms. The second-order valence-electron chi connectivity index (χ2n) is 6.26. The van der Waals surface area contributed by atoms with Crippen molar-refractivity contribution in [2.24, 2.45) is 0 Å². The third-order valence-corrected chi connectivity index (χ3v) is 4.46. The Balaban J connectivity index is 1.73. The Hall–Kier alpha value is -2.58. The molecule has 0 bridgehead atoms. The highest BCUT2D eigenvalue weighted by atomic mass is 16.6. The summed E-state index contributed by atoms with van der Waals surface area (Å²) in [6.45, 7) is 3.24. The number of aryl methyl sites for hydroxylation is 1. The first-order valence-corrected chi connectivity index (χ1v) is 7.94. The van der Waals surface area contributed by atoms with Gasteiger partial charge in [0.15, 0.2) is 5.69 Å². The first-order valence-electron chi connectivity index (χ1n) is 7.94. The molecule has 0 aromatic carbocycles. The average molecular weight is 335 g/mol. The fourth-order valence-electron chi connectivity index (χ4n) is 3.15. The van der Waals surface area contributed by atoms with Crippen LogP contribution in [-0.2, 0) is 16.1 Å². The fourth-order valence-corrected chi connectivity index (χ4v) is 3.15. The van der Waals surface area contributed by atoms with Crippen LogP contribution < -0.4 is 10.6 Å². The summed E-state index contributed by atoms with van der Waals surface area (Å²) in [7, 11) is 1.55. The van der Waals surface area contributed by atoms with E-state index in [0.717, 1.165) is 18.5 Å². The number of nitrogens with zero attached hydrogens (tertiary/aromatic N) is 3. The van der Waals surface area contributed by atoms with Gasteiger partial charge in [-0.1, -0.05) is 0 Å². The maximum atomic E-state index is 12.7. The Morgan fingerprint density at radius 1 is 1.50 bits per heavy atom. The second kappa shape index (κ2) is 6.14. The molecule has 2 aliphatic rings. The molecule has 2 fully saturated rings. The van der Waals surface area contributed by atoms with Crippen molar-refractivity contribution in [3.63, 3.8) is 0 Å². The van der Waals surface area contributed by atoms with Gasteiger partial charge in [-0.05, 0) is 25.8 Å². The minimum absolute atomic E-state index is 0.0705. The molecule has 9 nitrogen and oxygen atoms in total. The minimum atomic E-state index is -0.634. The second-order valence-corrected chi connectivity index (χ2v) is 6.26. The average Bonchev–Trinajstić information content (AvgIpc) is 3.10. The van der Waals surface area contributed by atoms with Crippen molar-refractivity contribution in [3.8, 4) is 0 Å². The minimum Gasteiger partial charge on any atom is -0.439 e. The predicted molar refractivity (Wildman–Crippen MR) is 83.4 cm³/mol. The zero-order valence-electron chi connectivity index (χ0n) is 13.8. The van der Waals surface area contributed by atoms with E-state index >= 15 is 0 Å². The number of hydrogen-bond acceptors (Lipinski definition) is 5. The maximum Gasteiger partial charge on any atom is 0.407 e. The van der Waals surface area contributed by atoms with Gasteiger partial charge in [0.2, 0.25) is 5.91 Å². The number of rotatable bonds is 3. The van der Waals surface area contributed by atoms with Gasteiger partial charge in [0.05, 0.1) is 13.1 Å². The lowest BCUT2D eigenvalue weighted by Crippen LogP contribution is -2.52. The van der Waals surface area contributed by atoms with Crippen molar-refractivity contribution in [3.05, 3.63) is 17.5 Å². The number of alkyl carbamates (subject to hydrolysis) is 1. The van der Waals surface area contributed by atoms with E-state index < -0.39 is 11.7 Å². The Morgan fingerprint density at radius 3 is 2.96 bits per heavy atom. The number of carbonyl (C=O) groups excluding carboxylic acids is 3. The summed E-state index contributed by atoms with van der Waals surface area (Å²) in [6.07, 6.45) is 1.06. The standard InChI is InChI=1S/C15H21N5O4/c1-10-6-11(18-20(10)7-12(21)16-2)13(22)19-5-3-4-15(9-19)8-17-14(23)24-15/h6H,3-5,7-9H2,1-2H3,(H,16,21)(H,17,23)/t15-/m0/s1. The molecule has 3 rings (SSSR count). The number of hydrogen-bond donors (Lipinski definition) is 2. The highest BCUT2D eigenvalue weighted by Gasteiger charge is 2.45. The monoisotopic (exact) mass is 335 g/mol. The van der Waals surface area contributed by atoms with Crippen molar-refractivity contribution in [1.82, 2.24) is 25.3 Å². The number of piperidine rings is 1. The summed E-state index contributed by atoms with van der Waals surface area (Å²) in [4.78, 5) is 37.2. The number of nitrogens with one attached hydrogen (secondary N) is 2. The van der Waals surface area contributed by atoms with E-state index in [0.29, 0.717) is 25.3 Å². The van der Waals surface area contributed by atoms with Crippen LogP contribution in [0.25, 0.3) is 0 Å². The molecule has 130 valence electrons. The summed E-state index contributed by atoms with van der Waals surface area (Å²) < 4.78 is 6.88. The molecule has 2 aliphatic heterocycles. The number of likely N-dealkylation sites (N-methyl/N-ethyl adjacent to an activating group) is 1. The SMILES string of the molecule is CNC(=O)Cn1nc(C(=O)N2CCC[C@]3(CNC(=O)O3)C2)cc1C. The smallest absolute Gasteiger partial charge is 0.407 e. The molecule has 1 aromatic heterocycles. The first kappa shape index (κ1) is 16.3. The topological polar surface area (TPSA) is 106 Å². The summed E-state index contributed by atoms with van der Waals surface area (Å²) in [5.74, 6) is -0.392. The third kappa shape index (κ3) is 3.06. The molecule has 3 amide bonds. The highest BCUT2D eigenvalue weighted by molar-refractivity contribution is 5.92. The van der Waals surface area contributed by atoms with Crippen LogP contribution in [0.2, 0.25) is 0 Å². The number of aromatic nitrogens is 2. The quantitative estimate of drug-likeness (QED) is 0.786. The van der Waals surface area contributed by atoms with E-state index in [1.165, 1.54) is 4.68 Å². The van der Waals surface area contributed by atoms with Crippen molar-refractivity contribution < 1.29 is 19.1 Å². The summed E-state index contributed by atoms with van der Waals surface area (Å²) in [5, 5.41) is 9.43. The van der Waals surface area contributed by atoms with Gasteiger partial charge in [0.25, 0.3) is 5.91 Å². The van der Waals surface area contributed by atoms with Crippen molar-refractivity contribution in [2.75, 3.05) is 26.7 Å². The van der Waals surface area contributed by atoms with E-state index in [-0.39, 0.29) is 18.4 Å². The molecular formula is C15H21N5O4. The van der Waals surface area contributed by atoms with E-state index in [9.17, 15) is 14.4 Å². The zero-order valence-corrected chi connectivity index (χ0v) is 13.8. The fraction of sp³-hybridized carbons (Fsp3) is 0.600. The van der Waals surface area contributed by atoms with Gasteiger partial charge < -0.3 is 20.3 Å². The molecule has 0 unspecified atom stereocenters. The van der Waals surface area contributed by atoms with Crippen LogP contribution in [-0.4, -0.2) is 64.9 Å². The molecule has 0 radical (unpaired) electrons. The number of ether oxygens (including phenoxy) is 1. The van der Waals surface area contributed by atoms with Gasteiger partial charge >= 0.3 is 6.09 Å². The zero-order chi connectivity index (χ0) is 17.3. The largest absolute Gasteiger partial charge is 0.439 e. The molecular weight excluding hydrogens is 314 g/mol. The molecule has 2 saturated heterocycles. The normalized spacial score (nSPS) is 23.1. The van der Waals surface area contributed by atoms with Crippen LogP contribution in [0.15, 0.2) is 6.07 Å². The Morgan fingerprint density at radius 2 is 2.29 bits per heavy atom. The molecule has 9 heteroatoms. The van der Waals surface area contributed by atoms with E-state index in [4.69, 9.17) is 4.74 Å². The van der Waals surface area contributed by atoms with E-state index in [1.807, 2.05) is 0 Å². The Bertz CT molecular complexity index is 685. The molecule has 2 N–H and O–H groups in total. The van der Waals surface area contributed by atoms with Crippen LogP contribution in [0.4, 0.5) is 4.79 Å². The van der Waals surface area contributed by atoms with E-state index in [1.54, 1.807) is 24.9 Å². The van der Waals surface area contributed by atoms with Crippen LogP contribution in [0, 0.1) is 6.92 Å². The number of amides is 3. The van der Waals surface area contributed by atoms with E-state index in [2.05, 4.69) is 15.7 Å². The molecule has 1 atom stereocenters. The predicted octanol–water partition coefficient (Wildman–Crippen LogP) is -0.348. The third-order valence-electron chi connectivity index (χ3n) is 4.46. The van der Waals surface area contributed by atoms with Crippen LogP contribution >= 0.6 is 0 Å². The molecule has 0 saturated carbocycles.